The average molecular weight is 401 g/mol. The van der Waals surface area contributed by atoms with Crippen LogP contribution in [0.3, 0.4) is 0 Å². The first-order valence-electron chi connectivity index (χ1n) is 10.2. The molecule has 0 aliphatic carbocycles. The number of phenolic OH excluding ortho intramolecular Hbond substituents is 1. The Labute approximate surface area is 172 Å². The zero-order valence-electron chi connectivity index (χ0n) is 18.1. The van der Waals surface area contributed by atoms with E-state index in [1.807, 2.05) is 25.6 Å². The van der Waals surface area contributed by atoms with Crippen LogP contribution in [0.2, 0.25) is 0 Å². The van der Waals surface area contributed by atoms with Crippen LogP contribution in [0.5, 0.6) is 5.75 Å². The molecule has 0 aromatic heterocycles. The highest BCUT2D eigenvalue weighted by atomic mass is 32.2. The number of phenols is 1. The van der Waals surface area contributed by atoms with Gasteiger partial charge in [-0.1, -0.05) is 51.1 Å². The molecule has 148 valence electrons. The first kappa shape index (κ1) is 22.1. The second kappa shape index (κ2) is 9.84. The zero-order chi connectivity index (χ0) is 20.1. The molecule has 0 amide bonds. The second-order valence-electron chi connectivity index (χ2n) is 8.64. The second-order valence-corrected chi connectivity index (χ2v) is 12.3. The van der Waals surface area contributed by atoms with Gasteiger partial charge < -0.3 is 5.11 Å². The number of aryl methyl sites for hydroxylation is 1. The van der Waals surface area contributed by atoms with E-state index >= 15 is 0 Å². The molecule has 0 saturated heterocycles. The Bertz CT molecular complexity index is 780. The maximum atomic E-state index is 10.1. The monoisotopic (exact) mass is 400 g/mol. The maximum Gasteiger partial charge on any atom is 0.121 e. The molecule has 3 heteroatoms. The molecule has 0 unspecified atom stereocenters. The lowest BCUT2D eigenvalue weighted by Gasteiger charge is -2.18. The van der Waals surface area contributed by atoms with Crippen LogP contribution in [0.15, 0.2) is 29.2 Å². The summed E-state index contributed by atoms with van der Waals surface area (Å²) in [6, 6.07) is 9.16. The van der Waals surface area contributed by atoms with Gasteiger partial charge in [-0.05, 0) is 84.7 Å². The fraction of sp³-hybridized carbons (Fsp3) is 0.500. The molecule has 0 fully saturated rings. The minimum atomic E-state index is -0.332. The Morgan fingerprint density at radius 3 is 2.26 bits per heavy atom. The Morgan fingerprint density at radius 1 is 0.963 bits per heavy atom. The van der Waals surface area contributed by atoms with Crippen molar-refractivity contribution in [3.05, 3.63) is 52.1 Å². The van der Waals surface area contributed by atoms with Gasteiger partial charge in [0.25, 0.3) is 0 Å². The molecule has 0 bridgehead atoms. The molecular weight excluding hydrogens is 364 g/mol. The van der Waals surface area contributed by atoms with Crippen molar-refractivity contribution in [1.82, 2.24) is 0 Å². The van der Waals surface area contributed by atoms with E-state index in [2.05, 4.69) is 58.9 Å². The Kier molecular flexibility index (Phi) is 8.05. The maximum absolute atomic E-state index is 10.1. The summed E-state index contributed by atoms with van der Waals surface area (Å²) in [7, 11) is -0.332. The molecule has 0 radical (unpaired) electrons. The molecule has 1 N–H and O–H groups in total. The third kappa shape index (κ3) is 5.89. The average Bonchev–Trinajstić information content (AvgIpc) is 2.59. The molecule has 27 heavy (non-hydrogen) atoms. The SMILES string of the molecule is Cc1cc(SC[SiH2]c2cccc(CC(C)C)c2CC(C)C)c(C)c(C)c1O. The smallest absolute Gasteiger partial charge is 0.121 e. The van der Waals surface area contributed by atoms with E-state index in [1.165, 1.54) is 28.7 Å². The summed E-state index contributed by atoms with van der Waals surface area (Å²) in [5, 5.41) is 13.0. The predicted octanol–water partition coefficient (Wildman–Crippen LogP) is 5.26. The standard InChI is InChI=1S/C24H36OSSi/c1-15(2)11-20-9-8-10-23(21(20)12-16(3)4)27-14-26-22-13-17(5)24(25)19(7)18(22)6/h8-10,13,15-16,25H,11-12,14,27H2,1-7H3. The van der Waals surface area contributed by atoms with Crippen LogP contribution < -0.4 is 5.19 Å². The van der Waals surface area contributed by atoms with Gasteiger partial charge >= 0.3 is 0 Å². The Morgan fingerprint density at radius 2 is 1.63 bits per heavy atom. The van der Waals surface area contributed by atoms with Gasteiger partial charge in [-0.25, -0.2) is 0 Å². The van der Waals surface area contributed by atoms with E-state index in [1.54, 1.807) is 16.3 Å². The number of aromatic hydroxyl groups is 1. The lowest BCUT2D eigenvalue weighted by Crippen LogP contribution is -2.24. The van der Waals surface area contributed by atoms with Crippen molar-refractivity contribution in [3.63, 3.8) is 0 Å². The number of benzene rings is 2. The fourth-order valence-corrected chi connectivity index (χ4v) is 7.45. The van der Waals surface area contributed by atoms with Crippen LogP contribution in [0.1, 0.15) is 55.5 Å². The molecule has 0 aliphatic rings. The number of rotatable bonds is 8. The third-order valence-electron chi connectivity index (χ3n) is 5.25. The largest absolute Gasteiger partial charge is 0.507 e. The first-order valence-corrected chi connectivity index (χ1v) is 12.9. The van der Waals surface area contributed by atoms with Crippen LogP contribution in [0, 0.1) is 32.6 Å². The molecule has 2 rings (SSSR count). The van der Waals surface area contributed by atoms with E-state index in [0.29, 0.717) is 17.6 Å². The van der Waals surface area contributed by atoms with Crippen molar-refractivity contribution < 1.29 is 5.11 Å². The number of thioether (sulfide) groups is 1. The molecule has 1 nitrogen and oxygen atoms in total. The van der Waals surface area contributed by atoms with Crippen molar-refractivity contribution in [2.45, 2.75) is 66.2 Å². The van der Waals surface area contributed by atoms with E-state index in [0.717, 1.165) is 11.1 Å². The van der Waals surface area contributed by atoms with Gasteiger partial charge in [0.1, 0.15) is 5.75 Å². The molecule has 2 aromatic carbocycles. The van der Waals surface area contributed by atoms with E-state index in [9.17, 15) is 5.11 Å². The van der Waals surface area contributed by atoms with Crippen molar-refractivity contribution >= 4 is 26.5 Å². The molecule has 0 spiro atoms. The molecular formula is C24H36OSSi. The summed E-state index contributed by atoms with van der Waals surface area (Å²) in [6.45, 7) is 15.4. The van der Waals surface area contributed by atoms with Gasteiger partial charge in [0.05, 0.1) is 9.52 Å². The molecule has 0 atom stereocenters. The Hall–Kier alpha value is -1.19. The summed E-state index contributed by atoms with van der Waals surface area (Å²) in [5.74, 6) is 1.85. The van der Waals surface area contributed by atoms with Crippen molar-refractivity contribution in [2.75, 3.05) is 5.38 Å². The van der Waals surface area contributed by atoms with Crippen LogP contribution in [0.25, 0.3) is 0 Å². The van der Waals surface area contributed by atoms with Crippen molar-refractivity contribution in [1.29, 1.82) is 0 Å². The summed E-state index contributed by atoms with van der Waals surface area (Å²) in [5.41, 5.74) is 6.46. The van der Waals surface area contributed by atoms with Crippen LogP contribution in [0.4, 0.5) is 0 Å². The van der Waals surface area contributed by atoms with Gasteiger partial charge in [0.2, 0.25) is 0 Å². The normalized spacial score (nSPS) is 12.0. The minimum absolute atomic E-state index is 0.332. The van der Waals surface area contributed by atoms with Crippen LogP contribution in [-0.4, -0.2) is 20.0 Å². The summed E-state index contributed by atoms with van der Waals surface area (Å²) >= 11 is 1.98. The van der Waals surface area contributed by atoms with Crippen molar-refractivity contribution in [2.24, 2.45) is 11.8 Å². The zero-order valence-corrected chi connectivity index (χ0v) is 20.4. The summed E-state index contributed by atoms with van der Waals surface area (Å²) in [6.07, 6.45) is 2.39. The van der Waals surface area contributed by atoms with Crippen LogP contribution in [-0.2, 0) is 12.8 Å². The van der Waals surface area contributed by atoms with E-state index < -0.39 is 0 Å². The highest BCUT2D eigenvalue weighted by molar-refractivity contribution is 8.00. The van der Waals surface area contributed by atoms with E-state index in [4.69, 9.17) is 0 Å². The predicted molar refractivity (Wildman–Crippen MR) is 125 cm³/mol. The Balaban J connectivity index is 2.18. The third-order valence-corrected chi connectivity index (χ3v) is 8.82. The first-order chi connectivity index (χ1) is 12.7. The van der Waals surface area contributed by atoms with Gasteiger partial charge in [0, 0.05) is 4.90 Å². The molecule has 0 heterocycles. The number of hydrogen-bond donors (Lipinski definition) is 1. The summed E-state index contributed by atoms with van der Waals surface area (Å²) < 4.78 is 0. The lowest BCUT2D eigenvalue weighted by molar-refractivity contribution is 0.465. The number of hydrogen-bond acceptors (Lipinski definition) is 2. The molecule has 0 aliphatic heterocycles. The highest BCUT2D eigenvalue weighted by Crippen LogP contribution is 2.32. The fourth-order valence-electron chi connectivity index (χ4n) is 3.68. The van der Waals surface area contributed by atoms with Crippen molar-refractivity contribution in [3.8, 4) is 5.75 Å². The summed E-state index contributed by atoms with van der Waals surface area (Å²) in [4.78, 5) is 1.33. The quantitative estimate of drug-likeness (QED) is 0.482. The molecule has 2 aromatic rings. The lowest BCUT2D eigenvalue weighted by atomic mass is 9.93. The van der Waals surface area contributed by atoms with E-state index in [-0.39, 0.29) is 9.52 Å². The van der Waals surface area contributed by atoms with Gasteiger partial charge in [-0.2, -0.15) is 0 Å². The highest BCUT2D eigenvalue weighted by Gasteiger charge is 2.13. The van der Waals surface area contributed by atoms with Gasteiger partial charge in [-0.3, -0.25) is 0 Å². The molecule has 0 saturated carbocycles. The topological polar surface area (TPSA) is 20.2 Å². The van der Waals surface area contributed by atoms with Gasteiger partial charge in [0.15, 0.2) is 0 Å². The minimum Gasteiger partial charge on any atom is -0.507 e. The van der Waals surface area contributed by atoms with Gasteiger partial charge in [-0.15, -0.1) is 11.8 Å². The van der Waals surface area contributed by atoms with Crippen LogP contribution >= 0.6 is 11.8 Å².